The molecule has 120 valence electrons. The average molecular weight is 385 g/mol. The fraction of sp³-hybridized carbons (Fsp3) is 0.267. The first-order valence-corrected chi connectivity index (χ1v) is 10.6. The van der Waals surface area contributed by atoms with E-state index in [2.05, 4.69) is 4.98 Å². The molecular formula is C15H13ClN2O2S3. The van der Waals surface area contributed by atoms with Gasteiger partial charge in [0.1, 0.15) is 9.22 Å². The first kappa shape index (κ1) is 15.5. The van der Waals surface area contributed by atoms with Crippen molar-refractivity contribution in [1.82, 2.24) is 9.29 Å². The Morgan fingerprint density at radius 2 is 2.00 bits per heavy atom. The van der Waals surface area contributed by atoms with Crippen LogP contribution in [0.2, 0.25) is 4.34 Å². The zero-order valence-corrected chi connectivity index (χ0v) is 15.2. The van der Waals surface area contributed by atoms with E-state index >= 15 is 0 Å². The van der Waals surface area contributed by atoms with Gasteiger partial charge in [-0.25, -0.2) is 13.4 Å². The first-order chi connectivity index (χ1) is 11.1. The molecule has 4 rings (SSSR count). The van der Waals surface area contributed by atoms with E-state index in [1.54, 1.807) is 27.8 Å². The van der Waals surface area contributed by atoms with Crippen molar-refractivity contribution in [3.63, 3.8) is 0 Å². The molecule has 3 aromatic rings. The van der Waals surface area contributed by atoms with Crippen LogP contribution in [0.15, 0.2) is 40.6 Å². The Hall–Kier alpha value is -0.990. The van der Waals surface area contributed by atoms with E-state index in [1.165, 1.54) is 0 Å². The molecule has 0 saturated carbocycles. The maximum atomic E-state index is 12.9. The summed E-state index contributed by atoms with van der Waals surface area (Å²) in [5.41, 5.74) is 0.927. The summed E-state index contributed by atoms with van der Waals surface area (Å²) in [5, 5.41) is 0.870. The Bertz CT molecular complexity index is 931. The third-order valence-corrected chi connectivity index (χ3v) is 8.66. The summed E-state index contributed by atoms with van der Waals surface area (Å²) in [6, 6.07) is 10.9. The number of para-hydroxylation sites is 1. The number of hydrogen-bond donors (Lipinski definition) is 0. The molecule has 0 aliphatic carbocycles. The zero-order valence-electron chi connectivity index (χ0n) is 12.0. The van der Waals surface area contributed by atoms with Crippen molar-refractivity contribution in [3.05, 3.63) is 45.7 Å². The summed E-state index contributed by atoms with van der Waals surface area (Å²) < 4.78 is 29.3. The van der Waals surface area contributed by atoms with E-state index < -0.39 is 10.0 Å². The molecule has 1 fully saturated rings. The largest absolute Gasteiger partial charge is 0.253 e. The summed E-state index contributed by atoms with van der Waals surface area (Å²) in [6.07, 6.45) is 1.65. The van der Waals surface area contributed by atoms with E-state index in [9.17, 15) is 8.42 Å². The van der Waals surface area contributed by atoms with Crippen molar-refractivity contribution in [3.8, 4) is 0 Å². The lowest BCUT2D eigenvalue weighted by atomic mass is 10.2. The zero-order chi connectivity index (χ0) is 16.0. The maximum Gasteiger partial charge on any atom is 0.253 e. The quantitative estimate of drug-likeness (QED) is 0.666. The lowest BCUT2D eigenvalue weighted by molar-refractivity contribution is 0.397. The summed E-state index contributed by atoms with van der Waals surface area (Å²) in [7, 11) is -3.52. The van der Waals surface area contributed by atoms with Crippen LogP contribution in [0, 0.1) is 0 Å². The standard InChI is InChI=1S/C15H13ClN2O2S3/c16-13-7-8-14(22-13)23(19,20)18-9-3-5-11(18)15-17-10-4-1-2-6-12(10)21-15/h1-2,4,6-8,11H,3,5,9H2/t11-/m0/s1. The monoisotopic (exact) mass is 384 g/mol. The van der Waals surface area contributed by atoms with Gasteiger partial charge in [0.2, 0.25) is 0 Å². The van der Waals surface area contributed by atoms with Crippen molar-refractivity contribution in [2.24, 2.45) is 0 Å². The van der Waals surface area contributed by atoms with Gasteiger partial charge in [0.05, 0.1) is 20.6 Å². The van der Waals surface area contributed by atoms with Gasteiger partial charge in [-0.2, -0.15) is 4.31 Å². The van der Waals surface area contributed by atoms with E-state index in [-0.39, 0.29) is 6.04 Å². The molecular weight excluding hydrogens is 372 g/mol. The molecule has 4 nitrogen and oxygen atoms in total. The Morgan fingerprint density at radius 1 is 1.17 bits per heavy atom. The molecule has 1 atom stereocenters. The molecule has 1 aliphatic rings. The number of hydrogen-bond acceptors (Lipinski definition) is 5. The van der Waals surface area contributed by atoms with Gasteiger partial charge in [0.25, 0.3) is 10.0 Å². The summed E-state index contributed by atoms with van der Waals surface area (Å²) in [4.78, 5) is 4.65. The Labute approximate surface area is 147 Å². The minimum atomic E-state index is -3.52. The molecule has 0 bridgehead atoms. The van der Waals surface area contributed by atoms with Crippen LogP contribution in [0.5, 0.6) is 0 Å². The van der Waals surface area contributed by atoms with Gasteiger partial charge in [-0.05, 0) is 37.1 Å². The minimum absolute atomic E-state index is 0.182. The van der Waals surface area contributed by atoms with Crippen LogP contribution in [0.1, 0.15) is 23.9 Å². The number of aromatic nitrogens is 1. The minimum Gasteiger partial charge on any atom is -0.239 e. The highest BCUT2D eigenvalue weighted by Crippen LogP contribution is 2.41. The number of rotatable bonds is 3. The normalized spacial score (nSPS) is 19.6. The van der Waals surface area contributed by atoms with Gasteiger partial charge >= 0.3 is 0 Å². The van der Waals surface area contributed by atoms with Crippen LogP contribution in [0.3, 0.4) is 0 Å². The van der Waals surface area contributed by atoms with Crippen LogP contribution >= 0.6 is 34.3 Å². The van der Waals surface area contributed by atoms with E-state index in [0.29, 0.717) is 15.1 Å². The third kappa shape index (κ3) is 2.70. The van der Waals surface area contributed by atoms with Crippen LogP contribution in [-0.2, 0) is 10.0 Å². The number of sulfonamides is 1. The highest BCUT2D eigenvalue weighted by Gasteiger charge is 2.38. The SMILES string of the molecule is O=S(=O)(c1ccc(Cl)s1)N1CCC[C@H]1c1nc2ccccc2s1. The van der Waals surface area contributed by atoms with Crippen LogP contribution in [-0.4, -0.2) is 24.3 Å². The smallest absolute Gasteiger partial charge is 0.239 e. The van der Waals surface area contributed by atoms with E-state index in [0.717, 1.165) is 39.4 Å². The van der Waals surface area contributed by atoms with Crippen LogP contribution in [0.4, 0.5) is 0 Å². The molecule has 23 heavy (non-hydrogen) atoms. The van der Waals surface area contributed by atoms with Crippen molar-refractivity contribution in [1.29, 1.82) is 0 Å². The number of halogens is 1. The second-order valence-electron chi connectivity index (χ2n) is 5.35. The second kappa shape index (κ2) is 5.82. The average Bonchev–Trinajstić information content (AvgIpc) is 3.25. The summed E-state index contributed by atoms with van der Waals surface area (Å²) in [6.45, 7) is 0.526. The lowest BCUT2D eigenvalue weighted by Gasteiger charge is -2.21. The Balaban J connectivity index is 1.74. The van der Waals surface area contributed by atoms with Crippen LogP contribution in [0.25, 0.3) is 10.2 Å². The molecule has 3 heterocycles. The number of nitrogens with zero attached hydrogens (tertiary/aromatic N) is 2. The highest BCUT2D eigenvalue weighted by molar-refractivity contribution is 7.91. The molecule has 1 aromatic carbocycles. The molecule has 1 saturated heterocycles. The van der Waals surface area contributed by atoms with Crippen LogP contribution < -0.4 is 0 Å². The first-order valence-electron chi connectivity index (χ1n) is 7.18. The lowest BCUT2D eigenvalue weighted by Crippen LogP contribution is -2.30. The number of thiophene rings is 1. The molecule has 0 N–H and O–H groups in total. The van der Waals surface area contributed by atoms with Gasteiger partial charge in [-0.15, -0.1) is 22.7 Å². The number of benzene rings is 1. The van der Waals surface area contributed by atoms with Gasteiger partial charge < -0.3 is 0 Å². The maximum absolute atomic E-state index is 12.9. The highest BCUT2D eigenvalue weighted by atomic mass is 35.5. The van der Waals surface area contributed by atoms with Gasteiger partial charge in [-0.3, -0.25) is 0 Å². The molecule has 2 aromatic heterocycles. The van der Waals surface area contributed by atoms with Gasteiger partial charge in [0.15, 0.2) is 0 Å². The van der Waals surface area contributed by atoms with Crippen molar-refractivity contribution in [2.75, 3.05) is 6.54 Å². The molecule has 8 heteroatoms. The topological polar surface area (TPSA) is 50.3 Å². The molecule has 0 unspecified atom stereocenters. The molecule has 0 spiro atoms. The molecule has 0 amide bonds. The number of thiazole rings is 1. The summed E-state index contributed by atoms with van der Waals surface area (Å²) in [5.74, 6) is 0. The van der Waals surface area contributed by atoms with Gasteiger partial charge in [-0.1, -0.05) is 23.7 Å². The van der Waals surface area contributed by atoms with Gasteiger partial charge in [0, 0.05) is 6.54 Å². The Kier molecular flexibility index (Phi) is 3.93. The predicted molar refractivity (Wildman–Crippen MR) is 94.8 cm³/mol. The van der Waals surface area contributed by atoms with E-state index in [4.69, 9.17) is 11.6 Å². The van der Waals surface area contributed by atoms with Crippen molar-refractivity contribution >= 4 is 54.5 Å². The summed E-state index contributed by atoms with van der Waals surface area (Å²) >= 11 is 8.58. The third-order valence-electron chi connectivity index (χ3n) is 3.91. The Morgan fingerprint density at radius 3 is 2.74 bits per heavy atom. The van der Waals surface area contributed by atoms with E-state index in [1.807, 2.05) is 24.3 Å². The molecule has 1 aliphatic heterocycles. The van der Waals surface area contributed by atoms with Crippen molar-refractivity contribution < 1.29 is 8.42 Å². The second-order valence-corrected chi connectivity index (χ2v) is 10.2. The fourth-order valence-corrected chi connectivity index (χ4v) is 7.31. The fourth-order valence-electron chi connectivity index (χ4n) is 2.86. The molecule has 0 radical (unpaired) electrons. The van der Waals surface area contributed by atoms with Crippen molar-refractivity contribution in [2.45, 2.75) is 23.1 Å². The predicted octanol–water partition coefficient (Wildman–Crippen LogP) is 4.54. The number of fused-ring (bicyclic) bond motifs is 1.